The quantitative estimate of drug-likeness (QED) is 0.260. The topological polar surface area (TPSA) is 141 Å². The fourth-order valence-corrected chi connectivity index (χ4v) is 5.22. The first-order chi connectivity index (χ1) is 20.1. The molecule has 4 aromatic heterocycles. The molecule has 1 saturated carbocycles. The number of aryl methyl sites for hydroxylation is 2. The van der Waals surface area contributed by atoms with Crippen molar-refractivity contribution in [2.75, 3.05) is 5.32 Å². The van der Waals surface area contributed by atoms with Gasteiger partial charge >= 0.3 is 5.97 Å². The van der Waals surface area contributed by atoms with Crippen molar-refractivity contribution in [2.45, 2.75) is 65.2 Å². The molecule has 1 fully saturated rings. The van der Waals surface area contributed by atoms with Crippen molar-refractivity contribution in [1.82, 2.24) is 35.2 Å². The Bertz CT molecular complexity index is 1540. The molecule has 0 aliphatic heterocycles. The Kier molecular flexibility index (Phi) is 8.48. The molecule has 4 aromatic rings. The summed E-state index contributed by atoms with van der Waals surface area (Å²) in [6.07, 6.45) is 2.89. The first-order valence-corrected chi connectivity index (χ1v) is 13.7. The Morgan fingerprint density at radius 3 is 2.57 bits per heavy atom. The van der Waals surface area contributed by atoms with Gasteiger partial charge in [-0.3, -0.25) is 9.78 Å². The van der Waals surface area contributed by atoms with Crippen molar-refractivity contribution in [1.29, 1.82) is 0 Å². The first kappa shape index (κ1) is 29.1. The van der Waals surface area contributed by atoms with Crippen LogP contribution in [0.5, 0.6) is 0 Å². The van der Waals surface area contributed by atoms with Crippen molar-refractivity contribution in [2.24, 2.45) is 11.8 Å². The number of alkyl halides is 2. The smallest absolute Gasteiger partial charge is 0.310 e. The van der Waals surface area contributed by atoms with E-state index < -0.39 is 12.0 Å². The summed E-state index contributed by atoms with van der Waals surface area (Å²) >= 11 is 0. The number of anilines is 2. The minimum atomic E-state index is -2.60. The van der Waals surface area contributed by atoms with Crippen molar-refractivity contribution >= 4 is 17.6 Å². The van der Waals surface area contributed by atoms with Crippen LogP contribution in [0.4, 0.5) is 20.4 Å². The fourth-order valence-electron chi connectivity index (χ4n) is 5.22. The Morgan fingerprint density at radius 1 is 1.12 bits per heavy atom. The first-order valence-electron chi connectivity index (χ1n) is 13.7. The van der Waals surface area contributed by atoms with Crippen molar-refractivity contribution < 1.29 is 23.4 Å². The molecular weight excluding hydrogens is 546 g/mol. The molecule has 1 aliphatic rings. The number of nitrogens with one attached hydrogen (secondary N) is 1. The number of hydrogen-bond acceptors (Lipinski definition) is 10. The SMILES string of the molecule is Cc1cc(Nc2cc(C(F)F)ccn2)nc(-c2ccc([C@](C)(O)C3CCC(C(=O)OCn4nnnc4C)CC3)nc2)c1. The largest absolute Gasteiger partial charge is 0.442 e. The fraction of sp³-hybridized carbons (Fsp3) is 0.414. The number of halogens is 2. The maximum absolute atomic E-state index is 13.1. The summed E-state index contributed by atoms with van der Waals surface area (Å²) in [6.45, 7) is 5.37. The molecule has 2 N–H and O–H groups in total. The van der Waals surface area contributed by atoms with Crippen LogP contribution in [0.2, 0.25) is 0 Å². The van der Waals surface area contributed by atoms with Crippen LogP contribution in [0.25, 0.3) is 11.3 Å². The molecule has 0 aromatic carbocycles. The van der Waals surface area contributed by atoms with Gasteiger partial charge in [0.15, 0.2) is 12.6 Å². The monoisotopic (exact) mass is 578 g/mol. The molecule has 0 bridgehead atoms. The van der Waals surface area contributed by atoms with Crippen LogP contribution < -0.4 is 5.32 Å². The molecule has 42 heavy (non-hydrogen) atoms. The summed E-state index contributed by atoms with van der Waals surface area (Å²) in [5.74, 6) is 0.683. The normalized spacial score (nSPS) is 18.5. The molecule has 5 rings (SSSR count). The van der Waals surface area contributed by atoms with Crippen LogP contribution in [-0.4, -0.2) is 46.2 Å². The van der Waals surface area contributed by atoms with E-state index >= 15 is 0 Å². The van der Waals surface area contributed by atoms with E-state index in [2.05, 4.69) is 35.8 Å². The summed E-state index contributed by atoms with van der Waals surface area (Å²) in [7, 11) is 0. The third kappa shape index (κ3) is 6.56. The lowest BCUT2D eigenvalue weighted by Gasteiger charge is -2.37. The number of esters is 1. The van der Waals surface area contributed by atoms with Crippen LogP contribution in [-0.2, 0) is 21.9 Å². The van der Waals surface area contributed by atoms with Crippen LogP contribution >= 0.6 is 0 Å². The molecule has 0 amide bonds. The van der Waals surface area contributed by atoms with Crippen LogP contribution in [0, 0.1) is 25.7 Å². The molecule has 0 saturated heterocycles. The van der Waals surface area contributed by atoms with Gasteiger partial charge in [-0.1, -0.05) is 0 Å². The molecule has 13 heteroatoms. The van der Waals surface area contributed by atoms with E-state index in [-0.39, 0.29) is 35.9 Å². The second kappa shape index (κ2) is 12.2. The van der Waals surface area contributed by atoms with Crippen LogP contribution in [0.1, 0.15) is 61.7 Å². The van der Waals surface area contributed by atoms with Crippen LogP contribution in [0.3, 0.4) is 0 Å². The number of carbonyl (C=O) groups is 1. The number of nitrogens with zero attached hydrogens (tertiary/aromatic N) is 7. The van der Waals surface area contributed by atoms with E-state index in [9.17, 15) is 18.7 Å². The molecule has 0 radical (unpaired) electrons. The number of ether oxygens (including phenoxy) is 1. The highest BCUT2D eigenvalue weighted by molar-refractivity contribution is 5.72. The van der Waals surface area contributed by atoms with Crippen molar-refractivity contribution in [3.63, 3.8) is 0 Å². The van der Waals surface area contributed by atoms with E-state index in [1.807, 2.05) is 19.1 Å². The van der Waals surface area contributed by atoms with Gasteiger partial charge in [-0.25, -0.2) is 18.7 Å². The van der Waals surface area contributed by atoms with E-state index in [0.29, 0.717) is 48.7 Å². The lowest BCUT2D eigenvalue weighted by Crippen LogP contribution is -2.37. The maximum atomic E-state index is 13.1. The van der Waals surface area contributed by atoms with Gasteiger partial charge in [0.1, 0.15) is 17.2 Å². The standard InChI is InChI=1S/C29H32F2N8O3/c1-17-12-23(34-26(13-17)35-25-14-20(27(30)31)10-11-32-25)21-6-9-24(33-15-21)29(3,41)22-7-4-19(5-8-22)28(40)42-16-39-18(2)36-37-38-39/h6,9-15,19,22,27,41H,4-5,7-8,16H2,1-3H3,(H,32,34,35)/t19?,22?,29-/m1/s1. The predicted octanol–water partition coefficient (Wildman–Crippen LogP) is 5.04. The zero-order valence-electron chi connectivity index (χ0n) is 23.5. The molecular formula is C29H32F2N8O3. The second-order valence-corrected chi connectivity index (χ2v) is 10.8. The van der Waals surface area contributed by atoms with Gasteiger partial charge in [-0.2, -0.15) is 4.68 Å². The van der Waals surface area contributed by atoms with E-state index in [0.717, 1.165) is 11.1 Å². The molecule has 0 unspecified atom stereocenters. The molecule has 11 nitrogen and oxygen atoms in total. The number of tetrazole rings is 1. The number of rotatable bonds is 9. The summed E-state index contributed by atoms with van der Waals surface area (Å²) < 4.78 is 33.0. The minimum Gasteiger partial charge on any atom is -0.442 e. The van der Waals surface area contributed by atoms with Gasteiger partial charge in [-0.05, 0) is 105 Å². The van der Waals surface area contributed by atoms with Gasteiger partial charge in [0, 0.05) is 23.5 Å². The lowest BCUT2D eigenvalue weighted by atomic mass is 9.73. The molecule has 0 spiro atoms. The Labute approximate surface area is 241 Å². The molecule has 1 atom stereocenters. The predicted molar refractivity (Wildman–Crippen MR) is 148 cm³/mol. The van der Waals surface area contributed by atoms with E-state index in [4.69, 9.17) is 4.74 Å². The molecule has 220 valence electrons. The highest BCUT2D eigenvalue weighted by Gasteiger charge is 2.39. The van der Waals surface area contributed by atoms with E-state index in [1.54, 1.807) is 32.2 Å². The van der Waals surface area contributed by atoms with Gasteiger partial charge in [0.05, 0.1) is 17.3 Å². The van der Waals surface area contributed by atoms with Gasteiger partial charge in [0.2, 0.25) is 0 Å². The number of hydrogen-bond donors (Lipinski definition) is 2. The second-order valence-electron chi connectivity index (χ2n) is 10.8. The average Bonchev–Trinajstić information content (AvgIpc) is 3.40. The number of carbonyl (C=O) groups excluding carboxylic acids is 1. The summed E-state index contributed by atoms with van der Waals surface area (Å²) in [4.78, 5) is 25.9. The van der Waals surface area contributed by atoms with Gasteiger partial charge in [-0.15, -0.1) is 5.10 Å². The van der Waals surface area contributed by atoms with Crippen molar-refractivity contribution in [3.05, 3.63) is 71.4 Å². The van der Waals surface area contributed by atoms with E-state index in [1.165, 1.54) is 23.0 Å². The Balaban J connectivity index is 1.22. The highest BCUT2D eigenvalue weighted by atomic mass is 19.3. The minimum absolute atomic E-state index is 0.0261. The van der Waals surface area contributed by atoms with Crippen LogP contribution in [0.15, 0.2) is 48.8 Å². The third-order valence-corrected chi connectivity index (χ3v) is 7.74. The summed E-state index contributed by atoms with van der Waals surface area (Å²) in [5, 5.41) is 25.6. The number of aromatic nitrogens is 7. The number of pyridine rings is 3. The molecule has 4 heterocycles. The molecule has 1 aliphatic carbocycles. The highest BCUT2D eigenvalue weighted by Crippen LogP contribution is 2.41. The number of aliphatic hydroxyl groups is 1. The summed E-state index contributed by atoms with van der Waals surface area (Å²) in [5.41, 5.74) is 1.50. The average molecular weight is 579 g/mol. The summed E-state index contributed by atoms with van der Waals surface area (Å²) in [6, 6.07) is 9.89. The van der Waals surface area contributed by atoms with Gasteiger partial charge in [0.25, 0.3) is 6.43 Å². The lowest BCUT2D eigenvalue weighted by molar-refractivity contribution is -0.155. The van der Waals surface area contributed by atoms with Crippen molar-refractivity contribution in [3.8, 4) is 11.3 Å². The zero-order chi connectivity index (χ0) is 29.9. The maximum Gasteiger partial charge on any atom is 0.310 e. The zero-order valence-corrected chi connectivity index (χ0v) is 23.5. The van der Waals surface area contributed by atoms with Gasteiger partial charge < -0.3 is 15.2 Å². The Hall–Kier alpha value is -4.39. The third-order valence-electron chi connectivity index (χ3n) is 7.74. The Morgan fingerprint density at radius 2 is 1.90 bits per heavy atom.